The van der Waals surface area contributed by atoms with Crippen molar-refractivity contribution >= 4 is 23.6 Å². The average molecular weight is 498 g/mol. The number of piperazine rings is 1. The number of nitrogens with zero attached hydrogens (tertiary/aromatic N) is 3. The zero-order valence-corrected chi connectivity index (χ0v) is 21.4. The number of ether oxygens (including phenoxy) is 2. The molecular weight excluding hydrogens is 458 g/mol. The van der Waals surface area contributed by atoms with Crippen molar-refractivity contribution in [2.45, 2.75) is 94.2 Å². The fraction of sp³-hybridized carbons (Fsp3) is 0.917. The number of amides is 2. The third-order valence-corrected chi connectivity index (χ3v) is 9.12. The minimum absolute atomic E-state index is 0.0185. The smallest absolute Gasteiger partial charge is 0.410 e. The molecule has 3 heterocycles. The van der Waals surface area contributed by atoms with Crippen molar-refractivity contribution in [3.8, 4) is 0 Å². The zero-order valence-electron chi connectivity index (χ0n) is 20.6. The molecule has 8 atom stereocenters. The summed E-state index contributed by atoms with van der Waals surface area (Å²) in [5.74, 6) is 1.22. The summed E-state index contributed by atoms with van der Waals surface area (Å²) in [5, 5.41) is 5.35. The van der Waals surface area contributed by atoms with Gasteiger partial charge in [0.2, 0.25) is 5.91 Å². The molecule has 0 aromatic rings. The number of hydrazine groups is 1. The summed E-state index contributed by atoms with van der Waals surface area (Å²) in [6.07, 6.45) is 5.19. The van der Waals surface area contributed by atoms with Crippen LogP contribution in [0, 0.1) is 11.8 Å². The van der Waals surface area contributed by atoms with Crippen molar-refractivity contribution in [3.63, 3.8) is 0 Å². The lowest BCUT2D eigenvalue weighted by atomic mass is 9.73. The Labute approximate surface area is 207 Å². The van der Waals surface area contributed by atoms with Gasteiger partial charge in [0, 0.05) is 58.7 Å². The Balaban J connectivity index is 1.30. The van der Waals surface area contributed by atoms with Gasteiger partial charge in [-0.2, -0.15) is 0 Å². The van der Waals surface area contributed by atoms with Gasteiger partial charge in [0.15, 0.2) is 0 Å². The van der Waals surface area contributed by atoms with Gasteiger partial charge in [-0.15, -0.1) is 11.6 Å². The van der Waals surface area contributed by atoms with Gasteiger partial charge in [-0.3, -0.25) is 15.5 Å². The topological polar surface area (TPSA) is 86.4 Å². The number of hydrogen-bond acceptors (Lipinski definition) is 7. The van der Waals surface area contributed by atoms with E-state index in [4.69, 9.17) is 21.1 Å². The molecule has 192 valence electrons. The number of piperidine rings is 1. The molecule has 2 amide bonds. The maximum atomic E-state index is 13.5. The van der Waals surface area contributed by atoms with Crippen molar-refractivity contribution in [2.24, 2.45) is 11.8 Å². The summed E-state index contributed by atoms with van der Waals surface area (Å²) >= 11 is 6.49. The quantitative estimate of drug-likeness (QED) is 0.572. The van der Waals surface area contributed by atoms with Gasteiger partial charge < -0.3 is 19.3 Å². The summed E-state index contributed by atoms with van der Waals surface area (Å²) in [4.78, 5) is 30.0. The molecule has 2 saturated carbocycles. The SMILES string of the molecule is COC1CC(OC(=O)N2C[C@H](C)N(C(C)=O)C3CCC(C4CNN(C5CC5)C4)CC32)C(Cl)CN1. The predicted molar refractivity (Wildman–Crippen MR) is 128 cm³/mol. The van der Waals surface area contributed by atoms with Crippen LogP contribution in [-0.2, 0) is 14.3 Å². The Hall–Kier alpha value is -1.13. The van der Waals surface area contributed by atoms with Crippen LogP contribution in [0.3, 0.4) is 0 Å². The van der Waals surface area contributed by atoms with Crippen molar-refractivity contribution in [3.05, 3.63) is 0 Å². The number of carbonyl (C=O) groups excluding carboxylic acids is 2. The molecule has 10 heteroatoms. The van der Waals surface area contributed by atoms with Crippen molar-refractivity contribution in [1.82, 2.24) is 25.6 Å². The molecule has 0 aromatic carbocycles. The number of nitrogens with one attached hydrogen (secondary N) is 2. The van der Waals surface area contributed by atoms with Crippen LogP contribution in [0.4, 0.5) is 4.79 Å². The third kappa shape index (κ3) is 4.91. The van der Waals surface area contributed by atoms with Gasteiger partial charge in [-0.25, -0.2) is 9.80 Å². The van der Waals surface area contributed by atoms with E-state index in [-0.39, 0.29) is 41.7 Å². The van der Waals surface area contributed by atoms with Crippen LogP contribution in [0.2, 0.25) is 0 Å². The molecule has 5 aliphatic rings. The molecule has 0 radical (unpaired) electrons. The summed E-state index contributed by atoms with van der Waals surface area (Å²) in [6.45, 7) is 6.82. The first-order chi connectivity index (χ1) is 16.4. The van der Waals surface area contributed by atoms with E-state index in [9.17, 15) is 9.59 Å². The van der Waals surface area contributed by atoms with Crippen LogP contribution in [-0.4, -0.2) is 102 Å². The summed E-state index contributed by atoms with van der Waals surface area (Å²) in [5.41, 5.74) is 3.61. The van der Waals surface area contributed by atoms with E-state index in [1.54, 1.807) is 14.0 Å². The number of methoxy groups -OCH3 is 1. The normalized spacial score (nSPS) is 41.3. The molecule has 7 unspecified atom stereocenters. The summed E-state index contributed by atoms with van der Waals surface area (Å²) in [7, 11) is 1.64. The lowest BCUT2D eigenvalue weighted by Gasteiger charge is -2.54. The Morgan fingerprint density at radius 2 is 1.79 bits per heavy atom. The number of halogens is 1. The molecule has 34 heavy (non-hydrogen) atoms. The minimum Gasteiger partial charge on any atom is -0.444 e. The van der Waals surface area contributed by atoms with E-state index in [1.807, 2.05) is 16.7 Å². The Morgan fingerprint density at radius 3 is 2.50 bits per heavy atom. The lowest BCUT2D eigenvalue weighted by molar-refractivity contribution is -0.143. The van der Waals surface area contributed by atoms with E-state index < -0.39 is 6.10 Å². The van der Waals surface area contributed by atoms with E-state index in [1.165, 1.54) is 12.8 Å². The number of fused-ring (bicyclic) bond motifs is 1. The lowest BCUT2D eigenvalue weighted by Crippen LogP contribution is -2.67. The van der Waals surface area contributed by atoms with E-state index in [2.05, 4.69) is 15.8 Å². The van der Waals surface area contributed by atoms with Crippen LogP contribution in [0.5, 0.6) is 0 Å². The highest BCUT2D eigenvalue weighted by atomic mass is 35.5. The molecular formula is C24H40ClN5O4. The fourth-order valence-electron chi connectivity index (χ4n) is 6.75. The molecule has 0 aromatic heterocycles. The second-order valence-corrected chi connectivity index (χ2v) is 11.5. The highest BCUT2D eigenvalue weighted by molar-refractivity contribution is 6.21. The number of alkyl halides is 1. The second kappa shape index (κ2) is 10.1. The van der Waals surface area contributed by atoms with E-state index in [0.29, 0.717) is 37.4 Å². The highest BCUT2D eigenvalue weighted by Crippen LogP contribution is 2.41. The Bertz CT molecular complexity index is 770. The molecule has 0 spiro atoms. The van der Waals surface area contributed by atoms with E-state index >= 15 is 0 Å². The van der Waals surface area contributed by atoms with Gasteiger partial charge in [0.1, 0.15) is 12.3 Å². The molecule has 3 aliphatic heterocycles. The molecule has 9 nitrogen and oxygen atoms in total. The van der Waals surface area contributed by atoms with Crippen molar-refractivity contribution in [2.75, 3.05) is 33.3 Å². The maximum absolute atomic E-state index is 13.5. The van der Waals surface area contributed by atoms with Crippen LogP contribution >= 0.6 is 11.6 Å². The third-order valence-electron chi connectivity index (χ3n) is 8.68. The van der Waals surface area contributed by atoms with Crippen LogP contribution in [0.25, 0.3) is 0 Å². The Kier molecular flexibility index (Phi) is 7.29. The highest BCUT2D eigenvalue weighted by Gasteiger charge is 2.49. The minimum atomic E-state index is -0.398. The first-order valence-electron chi connectivity index (χ1n) is 13.0. The van der Waals surface area contributed by atoms with Crippen LogP contribution in [0.15, 0.2) is 0 Å². The van der Waals surface area contributed by atoms with E-state index in [0.717, 1.165) is 32.4 Å². The molecule has 2 N–H and O–H groups in total. The fourth-order valence-corrected chi connectivity index (χ4v) is 6.99. The van der Waals surface area contributed by atoms with Crippen molar-refractivity contribution < 1.29 is 19.1 Å². The van der Waals surface area contributed by atoms with Gasteiger partial charge >= 0.3 is 6.09 Å². The first-order valence-corrected chi connectivity index (χ1v) is 13.5. The van der Waals surface area contributed by atoms with Gasteiger partial charge in [0.05, 0.1) is 17.5 Å². The van der Waals surface area contributed by atoms with Gasteiger partial charge in [-0.1, -0.05) is 0 Å². The summed E-state index contributed by atoms with van der Waals surface area (Å²) < 4.78 is 11.4. The van der Waals surface area contributed by atoms with Crippen molar-refractivity contribution in [1.29, 1.82) is 0 Å². The predicted octanol–water partition coefficient (Wildman–Crippen LogP) is 1.75. The van der Waals surface area contributed by atoms with Crippen LogP contribution < -0.4 is 10.7 Å². The largest absolute Gasteiger partial charge is 0.444 e. The summed E-state index contributed by atoms with van der Waals surface area (Å²) in [6, 6.07) is 0.703. The van der Waals surface area contributed by atoms with Crippen LogP contribution in [0.1, 0.15) is 52.4 Å². The number of hydrogen-bond donors (Lipinski definition) is 2. The maximum Gasteiger partial charge on any atom is 0.410 e. The molecule has 5 fully saturated rings. The Morgan fingerprint density at radius 1 is 1.00 bits per heavy atom. The standard InChI is InChI=1S/C24H40ClN5O4/c1-14-12-28(24(32)34-22-9-23(33-3)26-11-19(22)25)21-8-16(4-7-20(21)30(14)15(2)31)17-10-27-29(13-17)18-5-6-18/h14,16-23,26-27H,4-13H2,1-3H3/t14-,16?,17?,19?,20?,21?,22?,23?/m0/s1. The monoisotopic (exact) mass is 497 g/mol. The number of rotatable bonds is 4. The molecule has 3 saturated heterocycles. The molecule has 2 aliphatic carbocycles. The first kappa shape index (κ1) is 24.6. The number of carbonyl (C=O) groups is 2. The average Bonchev–Trinajstić information content (AvgIpc) is 3.55. The molecule has 0 bridgehead atoms. The molecule has 5 rings (SSSR count). The van der Waals surface area contributed by atoms with Gasteiger partial charge in [-0.05, 0) is 50.9 Å². The van der Waals surface area contributed by atoms with Gasteiger partial charge in [0.25, 0.3) is 0 Å². The second-order valence-electron chi connectivity index (χ2n) is 10.9. The zero-order chi connectivity index (χ0) is 24.0.